The van der Waals surface area contributed by atoms with E-state index in [0.717, 1.165) is 38.5 Å². The maximum atomic E-state index is 5.65. The zero-order chi connectivity index (χ0) is 14.1. The molecule has 0 saturated heterocycles. The Morgan fingerprint density at radius 1 is 1.32 bits per heavy atom. The molecule has 0 aliphatic heterocycles. The highest BCUT2D eigenvalue weighted by Crippen LogP contribution is 2.11. The van der Waals surface area contributed by atoms with Gasteiger partial charge in [-0.15, -0.1) is 0 Å². The van der Waals surface area contributed by atoms with E-state index >= 15 is 0 Å². The fourth-order valence-corrected chi connectivity index (χ4v) is 2.06. The first kappa shape index (κ1) is 16.3. The molecule has 0 saturated carbocycles. The summed E-state index contributed by atoms with van der Waals surface area (Å²) in [7, 11) is 0. The maximum Gasteiger partial charge on any atom is 0.118 e. The first-order chi connectivity index (χ1) is 9.15. The summed E-state index contributed by atoms with van der Waals surface area (Å²) in [5.74, 6) is 1.77. The SMILES string of the molecule is CCCCN(CC)Cc1cc(CNCC(C)C)co1. The van der Waals surface area contributed by atoms with Gasteiger partial charge in [-0.1, -0.05) is 34.1 Å². The van der Waals surface area contributed by atoms with Crippen molar-refractivity contribution in [2.75, 3.05) is 19.6 Å². The van der Waals surface area contributed by atoms with Crippen molar-refractivity contribution >= 4 is 0 Å². The summed E-state index contributed by atoms with van der Waals surface area (Å²) in [4.78, 5) is 2.44. The Balaban J connectivity index is 2.36. The van der Waals surface area contributed by atoms with Gasteiger partial charge in [-0.25, -0.2) is 0 Å². The lowest BCUT2D eigenvalue weighted by atomic mass is 10.2. The van der Waals surface area contributed by atoms with Crippen molar-refractivity contribution in [2.45, 2.75) is 53.6 Å². The molecule has 0 aliphatic rings. The van der Waals surface area contributed by atoms with Gasteiger partial charge in [0, 0.05) is 12.1 Å². The Morgan fingerprint density at radius 2 is 2.11 bits per heavy atom. The third-order valence-corrected chi connectivity index (χ3v) is 3.24. The Hall–Kier alpha value is -0.800. The Morgan fingerprint density at radius 3 is 2.74 bits per heavy atom. The molecule has 110 valence electrons. The molecule has 1 rings (SSSR count). The first-order valence-corrected chi connectivity index (χ1v) is 7.65. The van der Waals surface area contributed by atoms with Crippen LogP contribution in [0.5, 0.6) is 0 Å². The molecule has 1 aromatic heterocycles. The number of unbranched alkanes of at least 4 members (excludes halogenated alkanes) is 1. The summed E-state index contributed by atoms with van der Waals surface area (Å²) in [5, 5.41) is 3.44. The van der Waals surface area contributed by atoms with Gasteiger partial charge in [0.2, 0.25) is 0 Å². The average molecular weight is 266 g/mol. The molecule has 1 aromatic rings. The van der Waals surface area contributed by atoms with Crippen LogP contribution in [0.4, 0.5) is 0 Å². The van der Waals surface area contributed by atoms with Crippen molar-refractivity contribution in [1.82, 2.24) is 10.2 Å². The molecule has 19 heavy (non-hydrogen) atoms. The number of rotatable bonds is 10. The van der Waals surface area contributed by atoms with Crippen LogP contribution in [0.3, 0.4) is 0 Å². The van der Waals surface area contributed by atoms with E-state index in [9.17, 15) is 0 Å². The van der Waals surface area contributed by atoms with Crippen molar-refractivity contribution in [3.05, 3.63) is 23.7 Å². The second-order valence-corrected chi connectivity index (χ2v) is 5.67. The summed E-state index contributed by atoms with van der Waals surface area (Å²) in [6, 6.07) is 2.18. The van der Waals surface area contributed by atoms with E-state index < -0.39 is 0 Å². The van der Waals surface area contributed by atoms with Crippen molar-refractivity contribution in [3.8, 4) is 0 Å². The molecule has 1 heterocycles. The summed E-state index contributed by atoms with van der Waals surface area (Å²) in [6.45, 7) is 14.0. The molecular weight excluding hydrogens is 236 g/mol. The van der Waals surface area contributed by atoms with Gasteiger partial charge in [0.25, 0.3) is 0 Å². The smallest absolute Gasteiger partial charge is 0.118 e. The average Bonchev–Trinajstić information content (AvgIpc) is 2.81. The molecule has 0 bridgehead atoms. The quantitative estimate of drug-likeness (QED) is 0.701. The van der Waals surface area contributed by atoms with Crippen LogP contribution in [-0.2, 0) is 13.1 Å². The van der Waals surface area contributed by atoms with E-state index in [1.54, 1.807) is 0 Å². The number of hydrogen-bond donors (Lipinski definition) is 1. The van der Waals surface area contributed by atoms with Crippen LogP contribution in [0.15, 0.2) is 16.7 Å². The highest BCUT2D eigenvalue weighted by atomic mass is 16.3. The van der Waals surface area contributed by atoms with Crippen LogP contribution in [0.1, 0.15) is 51.9 Å². The Kier molecular flexibility index (Phi) is 7.84. The minimum Gasteiger partial charge on any atom is -0.468 e. The van der Waals surface area contributed by atoms with E-state index in [-0.39, 0.29) is 0 Å². The third-order valence-electron chi connectivity index (χ3n) is 3.24. The van der Waals surface area contributed by atoms with Gasteiger partial charge in [-0.2, -0.15) is 0 Å². The number of nitrogens with one attached hydrogen (secondary N) is 1. The van der Waals surface area contributed by atoms with Crippen LogP contribution in [0, 0.1) is 5.92 Å². The highest BCUT2D eigenvalue weighted by Gasteiger charge is 2.07. The lowest BCUT2D eigenvalue weighted by molar-refractivity contribution is 0.252. The van der Waals surface area contributed by atoms with E-state index in [1.807, 2.05) is 6.26 Å². The molecular formula is C16H30N2O. The van der Waals surface area contributed by atoms with Gasteiger partial charge in [0.05, 0.1) is 12.8 Å². The lowest BCUT2D eigenvalue weighted by Gasteiger charge is -2.18. The second kappa shape index (κ2) is 9.16. The van der Waals surface area contributed by atoms with Crippen molar-refractivity contribution in [3.63, 3.8) is 0 Å². The van der Waals surface area contributed by atoms with Crippen LogP contribution in [-0.4, -0.2) is 24.5 Å². The molecule has 0 amide bonds. The molecule has 0 radical (unpaired) electrons. The normalized spacial score (nSPS) is 11.7. The molecule has 0 aliphatic carbocycles. The van der Waals surface area contributed by atoms with Gasteiger partial charge in [-0.3, -0.25) is 4.90 Å². The Bertz CT molecular complexity index is 333. The predicted octanol–water partition coefficient (Wildman–Crippen LogP) is 3.65. The number of furan rings is 1. The topological polar surface area (TPSA) is 28.4 Å². The van der Waals surface area contributed by atoms with E-state index in [0.29, 0.717) is 5.92 Å². The van der Waals surface area contributed by atoms with Gasteiger partial charge in [0.15, 0.2) is 0 Å². The molecule has 3 nitrogen and oxygen atoms in total. The summed E-state index contributed by atoms with van der Waals surface area (Å²) < 4.78 is 5.65. The van der Waals surface area contributed by atoms with Gasteiger partial charge >= 0.3 is 0 Å². The minimum atomic E-state index is 0.691. The maximum absolute atomic E-state index is 5.65. The van der Waals surface area contributed by atoms with Gasteiger partial charge in [-0.05, 0) is 38.0 Å². The summed E-state index contributed by atoms with van der Waals surface area (Å²) in [6.07, 6.45) is 4.40. The van der Waals surface area contributed by atoms with E-state index in [4.69, 9.17) is 4.42 Å². The molecule has 0 atom stereocenters. The van der Waals surface area contributed by atoms with Crippen LogP contribution in [0.2, 0.25) is 0 Å². The summed E-state index contributed by atoms with van der Waals surface area (Å²) >= 11 is 0. The van der Waals surface area contributed by atoms with E-state index in [1.165, 1.54) is 18.4 Å². The lowest BCUT2D eigenvalue weighted by Crippen LogP contribution is -2.23. The zero-order valence-electron chi connectivity index (χ0n) is 13.0. The largest absolute Gasteiger partial charge is 0.468 e. The van der Waals surface area contributed by atoms with E-state index in [2.05, 4.69) is 44.0 Å². The molecule has 0 unspecified atom stereocenters. The van der Waals surface area contributed by atoms with Crippen molar-refractivity contribution < 1.29 is 4.42 Å². The molecule has 3 heteroatoms. The summed E-state index contributed by atoms with van der Waals surface area (Å²) in [5.41, 5.74) is 1.25. The molecule has 0 aromatic carbocycles. The van der Waals surface area contributed by atoms with Gasteiger partial charge < -0.3 is 9.73 Å². The monoisotopic (exact) mass is 266 g/mol. The minimum absolute atomic E-state index is 0.691. The number of nitrogens with zero attached hydrogens (tertiary/aromatic N) is 1. The first-order valence-electron chi connectivity index (χ1n) is 7.65. The molecule has 0 spiro atoms. The molecule has 1 N–H and O–H groups in total. The zero-order valence-corrected chi connectivity index (χ0v) is 13.0. The predicted molar refractivity (Wildman–Crippen MR) is 81.1 cm³/mol. The third kappa shape index (κ3) is 6.79. The number of hydrogen-bond acceptors (Lipinski definition) is 3. The van der Waals surface area contributed by atoms with Crippen LogP contribution in [0.25, 0.3) is 0 Å². The second-order valence-electron chi connectivity index (χ2n) is 5.67. The van der Waals surface area contributed by atoms with Crippen molar-refractivity contribution in [2.24, 2.45) is 5.92 Å². The van der Waals surface area contributed by atoms with Crippen LogP contribution < -0.4 is 5.32 Å². The fourth-order valence-electron chi connectivity index (χ4n) is 2.06. The van der Waals surface area contributed by atoms with Crippen LogP contribution >= 0.6 is 0 Å². The van der Waals surface area contributed by atoms with Gasteiger partial charge in [0.1, 0.15) is 5.76 Å². The highest BCUT2D eigenvalue weighted by molar-refractivity contribution is 5.12. The molecule has 0 fully saturated rings. The fraction of sp³-hybridized carbons (Fsp3) is 0.750. The Labute approximate surface area is 118 Å². The van der Waals surface area contributed by atoms with Crippen molar-refractivity contribution in [1.29, 1.82) is 0 Å². The standard InChI is InChI=1S/C16H30N2O/c1-5-7-8-18(6-2)12-16-9-15(13-19-16)11-17-10-14(3)4/h9,13-14,17H,5-8,10-12H2,1-4H3.